The fourth-order valence-corrected chi connectivity index (χ4v) is 6.31. The number of fused-ring (bicyclic) bond motifs is 3. The highest BCUT2D eigenvalue weighted by Gasteiger charge is 2.48. The minimum atomic E-state index is -0.871. The van der Waals surface area contributed by atoms with Gasteiger partial charge in [-0.3, -0.25) is 9.59 Å². The van der Waals surface area contributed by atoms with Crippen LogP contribution in [0, 0.1) is 5.82 Å². The number of benzene rings is 3. The molecule has 0 bridgehead atoms. The summed E-state index contributed by atoms with van der Waals surface area (Å²) in [6.07, 6.45) is 2.50. The smallest absolute Gasteiger partial charge is 0.339 e. The number of aliphatic imine (C=N–C) groups is 1. The molecule has 44 heavy (non-hydrogen) atoms. The van der Waals surface area contributed by atoms with Gasteiger partial charge in [0.25, 0.3) is 5.91 Å². The van der Waals surface area contributed by atoms with Crippen LogP contribution in [-0.2, 0) is 21.7 Å². The van der Waals surface area contributed by atoms with Gasteiger partial charge >= 0.3 is 5.97 Å². The number of nitrogens with zero attached hydrogens (tertiary/aromatic N) is 3. The van der Waals surface area contributed by atoms with Crippen molar-refractivity contribution in [1.29, 1.82) is 0 Å². The molecular formula is C35H31ClFN3O4. The highest BCUT2D eigenvalue weighted by Crippen LogP contribution is 2.44. The van der Waals surface area contributed by atoms with Crippen molar-refractivity contribution in [2.45, 2.75) is 45.8 Å². The van der Waals surface area contributed by atoms with Gasteiger partial charge in [-0.05, 0) is 56.2 Å². The van der Waals surface area contributed by atoms with Crippen molar-refractivity contribution >= 4 is 45.9 Å². The number of hydrogen-bond acceptors (Lipinski definition) is 5. The highest BCUT2D eigenvalue weighted by molar-refractivity contribution is 6.31. The average Bonchev–Trinajstić information content (AvgIpc) is 3.49. The lowest BCUT2D eigenvalue weighted by atomic mass is 9.83. The number of amides is 1. The Balaban J connectivity index is 1.26. The zero-order valence-electron chi connectivity index (χ0n) is 24.7. The van der Waals surface area contributed by atoms with Crippen LogP contribution in [0.5, 0.6) is 0 Å². The Morgan fingerprint density at radius 1 is 1.00 bits per heavy atom. The van der Waals surface area contributed by atoms with Crippen LogP contribution in [-0.4, -0.2) is 45.9 Å². The van der Waals surface area contributed by atoms with Crippen molar-refractivity contribution < 1.29 is 23.5 Å². The first-order chi connectivity index (χ1) is 21.1. The number of likely N-dealkylation sites (tertiary alicyclic amines) is 1. The maximum absolute atomic E-state index is 13.9. The summed E-state index contributed by atoms with van der Waals surface area (Å²) in [6.45, 7) is 6.25. The zero-order valence-corrected chi connectivity index (χ0v) is 25.5. The summed E-state index contributed by atoms with van der Waals surface area (Å²) < 4.78 is 21.3. The molecule has 1 saturated heterocycles. The number of rotatable bonds is 6. The largest absolute Gasteiger partial charge is 0.450 e. The third-order valence-electron chi connectivity index (χ3n) is 8.44. The molecule has 2 aliphatic heterocycles. The van der Waals surface area contributed by atoms with Gasteiger partial charge < -0.3 is 14.2 Å². The van der Waals surface area contributed by atoms with Gasteiger partial charge in [0, 0.05) is 53.8 Å². The predicted molar refractivity (Wildman–Crippen MR) is 168 cm³/mol. The van der Waals surface area contributed by atoms with Crippen molar-refractivity contribution in [3.63, 3.8) is 0 Å². The standard InChI is InChI=1S/C35H31ClFN3O4/c1-21(2)32(38-22(3)23-7-5-4-6-8-23)31(41)20-40-19-28(26-11-9-24(36)17-30(26)40)33(42)39-15-13-35(14-16-39)29-12-10-25(37)18-27(29)34(43)44-35/h4-12,17-19H,13-16,20H2,1-3H3. The number of hydrogen-bond donors (Lipinski definition) is 0. The fraction of sp³-hybridized carbons (Fsp3) is 0.257. The molecule has 3 heterocycles. The van der Waals surface area contributed by atoms with Crippen molar-refractivity contribution in [1.82, 2.24) is 9.47 Å². The Kier molecular flexibility index (Phi) is 7.72. The van der Waals surface area contributed by atoms with E-state index in [1.54, 1.807) is 39.9 Å². The number of ether oxygens (including phenoxy) is 1. The summed E-state index contributed by atoms with van der Waals surface area (Å²) in [6, 6.07) is 19.1. The maximum atomic E-state index is 13.9. The van der Waals surface area contributed by atoms with Gasteiger partial charge in [-0.2, -0.15) is 0 Å². The van der Waals surface area contributed by atoms with Crippen LogP contribution >= 0.6 is 11.6 Å². The van der Waals surface area contributed by atoms with Crippen LogP contribution in [0.1, 0.15) is 65.5 Å². The normalized spacial score (nSPS) is 15.8. The molecule has 4 aromatic rings. The lowest BCUT2D eigenvalue weighted by molar-refractivity contribution is -0.116. The summed E-state index contributed by atoms with van der Waals surface area (Å²) in [5.74, 6) is -1.41. The summed E-state index contributed by atoms with van der Waals surface area (Å²) in [7, 11) is 0. The Morgan fingerprint density at radius 2 is 1.73 bits per heavy atom. The van der Waals surface area contributed by atoms with Crippen LogP contribution in [0.15, 0.2) is 89.2 Å². The van der Waals surface area contributed by atoms with Crippen molar-refractivity contribution in [2.75, 3.05) is 13.1 Å². The van der Waals surface area contributed by atoms with Gasteiger partial charge in [-0.1, -0.05) is 54.1 Å². The molecule has 0 aliphatic carbocycles. The molecule has 2 aliphatic rings. The first kappa shape index (κ1) is 29.5. The quantitative estimate of drug-likeness (QED) is 0.132. The minimum Gasteiger partial charge on any atom is -0.450 e. The van der Waals surface area contributed by atoms with Gasteiger partial charge in [-0.25, -0.2) is 14.2 Å². The second-order valence-corrected chi connectivity index (χ2v) is 12.0. The second kappa shape index (κ2) is 11.5. The Labute approximate surface area is 259 Å². The molecule has 0 radical (unpaired) electrons. The van der Waals surface area contributed by atoms with E-state index in [0.717, 1.165) is 16.8 Å². The molecule has 7 nitrogen and oxygen atoms in total. The summed E-state index contributed by atoms with van der Waals surface area (Å²) in [5, 5.41) is 1.17. The zero-order chi connectivity index (χ0) is 31.2. The number of aromatic nitrogens is 1. The number of carbonyl (C=O) groups excluding carboxylic acids is 3. The van der Waals surface area contributed by atoms with E-state index in [4.69, 9.17) is 21.3 Å². The molecule has 6 rings (SSSR count). The second-order valence-electron chi connectivity index (χ2n) is 11.5. The van der Waals surface area contributed by atoms with E-state index in [9.17, 15) is 18.8 Å². The molecule has 3 aromatic carbocycles. The maximum Gasteiger partial charge on any atom is 0.339 e. The topological polar surface area (TPSA) is 81.0 Å². The van der Waals surface area contributed by atoms with Crippen molar-refractivity contribution in [3.8, 4) is 0 Å². The molecule has 0 N–H and O–H groups in total. The van der Waals surface area contributed by atoms with Crippen molar-refractivity contribution in [3.05, 3.63) is 117 Å². The van der Waals surface area contributed by atoms with E-state index in [1.165, 1.54) is 12.1 Å². The first-order valence-corrected chi connectivity index (χ1v) is 14.9. The van der Waals surface area contributed by atoms with Gasteiger partial charge in [-0.15, -0.1) is 0 Å². The van der Waals surface area contributed by atoms with E-state index < -0.39 is 17.4 Å². The van der Waals surface area contributed by atoms with Gasteiger partial charge in [0.05, 0.1) is 23.2 Å². The Hall–Kier alpha value is -4.56. The monoisotopic (exact) mass is 611 g/mol. The average molecular weight is 612 g/mol. The van der Waals surface area contributed by atoms with Crippen LogP contribution < -0.4 is 0 Å². The summed E-state index contributed by atoms with van der Waals surface area (Å²) in [4.78, 5) is 46.5. The van der Waals surface area contributed by atoms with E-state index in [1.807, 2.05) is 51.1 Å². The summed E-state index contributed by atoms with van der Waals surface area (Å²) >= 11 is 6.36. The third-order valence-corrected chi connectivity index (χ3v) is 8.67. The van der Waals surface area contributed by atoms with Crippen LogP contribution in [0.25, 0.3) is 10.9 Å². The summed E-state index contributed by atoms with van der Waals surface area (Å²) in [5.41, 5.74) is 3.98. The predicted octanol–water partition coefficient (Wildman–Crippen LogP) is 7.11. The number of halogens is 2. The Morgan fingerprint density at radius 3 is 2.43 bits per heavy atom. The molecular weight excluding hydrogens is 581 g/mol. The molecule has 9 heteroatoms. The first-order valence-electron chi connectivity index (χ1n) is 14.5. The van der Waals surface area contributed by atoms with E-state index in [-0.39, 0.29) is 23.8 Å². The molecule has 1 amide bonds. The number of ketones is 1. The van der Waals surface area contributed by atoms with E-state index in [0.29, 0.717) is 58.7 Å². The SMILES string of the molecule is CC(=NC(C(=O)Cn1cc(C(=O)N2CCC3(CC2)OC(=O)c2cc(F)ccc23)c2ccc(Cl)cc21)=C(C)C)c1ccccc1. The molecule has 0 saturated carbocycles. The van der Waals surface area contributed by atoms with Crippen molar-refractivity contribution in [2.24, 2.45) is 4.99 Å². The van der Waals surface area contributed by atoms with Crippen LogP contribution in [0.2, 0.25) is 5.02 Å². The van der Waals surface area contributed by atoms with Crippen LogP contribution in [0.3, 0.4) is 0 Å². The fourth-order valence-electron chi connectivity index (χ4n) is 6.14. The number of carbonyl (C=O) groups is 3. The number of esters is 1. The van der Waals surface area contributed by atoms with Gasteiger partial charge in [0.2, 0.25) is 5.78 Å². The van der Waals surface area contributed by atoms with Gasteiger partial charge in [0.15, 0.2) is 0 Å². The minimum absolute atomic E-state index is 0.0252. The molecule has 0 unspecified atom stereocenters. The number of allylic oxidation sites excluding steroid dienone is 2. The van der Waals surface area contributed by atoms with E-state index in [2.05, 4.69) is 0 Å². The molecule has 224 valence electrons. The van der Waals surface area contributed by atoms with Crippen LogP contribution in [0.4, 0.5) is 4.39 Å². The molecule has 0 atom stereocenters. The molecule has 1 aromatic heterocycles. The van der Waals surface area contributed by atoms with Gasteiger partial charge in [0.1, 0.15) is 17.1 Å². The lowest BCUT2D eigenvalue weighted by Crippen LogP contribution is -2.45. The number of Topliss-reactive ketones (excluding diaryl/α,β-unsaturated/α-hetero) is 1. The molecule has 1 spiro atoms. The number of piperidine rings is 1. The highest BCUT2D eigenvalue weighted by atomic mass is 35.5. The molecule has 1 fully saturated rings. The lowest BCUT2D eigenvalue weighted by Gasteiger charge is -2.38. The third kappa shape index (κ3) is 5.35. The Bertz CT molecular complexity index is 1880. The van der Waals surface area contributed by atoms with E-state index >= 15 is 0 Å².